The fraction of sp³-hybridized carbons (Fsp3) is 0.368. The molecule has 3 aromatic heterocycles. The highest BCUT2D eigenvalue weighted by Gasteiger charge is 2.26. The van der Waals surface area contributed by atoms with Crippen LogP contribution in [0.5, 0.6) is 0 Å². The standard InChI is InChI=1S/C19H21N5O3S/c1-28-13-14-4-5-16(27-14)19(26)23-8-3-7-22(10-11-23)18(25)15-12-17-20-6-2-9-24(17)21-15/h2,4-6,9,12H,3,7-8,10-11,13H2,1H3. The van der Waals surface area contributed by atoms with Crippen LogP contribution in [-0.2, 0) is 5.75 Å². The van der Waals surface area contributed by atoms with Gasteiger partial charge < -0.3 is 14.2 Å². The first-order valence-electron chi connectivity index (χ1n) is 9.12. The van der Waals surface area contributed by atoms with Gasteiger partial charge in [0, 0.05) is 44.6 Å². The normalized spacial score (nSPS) is 15.0. The molecular weight excluding hydrogens is 378 g/mol. The molecule has 146 valence electrons. The molecule has 9 heteroatoms. The highest BCUT2D eigenvalue weighted by molar-refractivity contribution is 7.97. The van der Waals surface area contributed by atoms with E-state index in [0.29, 0.717) is 49.7 Å². The summed E-state index contributed by atoms with van der Waals surface area (Å²) in [5.41, 5.74) is 1.00. The van der Waals surface area contributed by atoms with E-state index in [0.717, 1.165) is 11.5 Å². The summed E-state index contributed by atoms with van der Waals surface area (Å²) in [5.74, 6) is 1.63. The van der Waals surface area contributed by atoms with Gasteiger partial charge in [-0.3, -0.25) is 9.59 Å². The molecule has 1 saturated heterocycles. The van der Waals surface area contributed by atoms with Crippen LogP contribution in [0.3, 0.4) is 0 Å². The summed E-state index contributed by atoms with van der Waals surface area (Å²) in [6.45, 7) is 2.10. The molecule has 0 radical (unpaired) electrons. The molecule has 0 unspecified atom stereocenters. The third kappa shape index (κ3) is 3.75. The summed E-state index contributed by atoms with van der Waals surface area (Å²) in [7, 11) is 0. The summed E-state index contributed by atoms with van der Waals surface area (Å²) in [4.78, 5) is 33.3. The van der Waals surface area contributed by atoms with Crippen LogP contribution in [0.4, 0.5) is 0 Å². The third-order valence-corrected chi connectivity index (χ3v) is 5.26. The Labute approximate surface area is 166 Å². The van der Waals surface area contributed by atoms with Gasteiger partial charge in [0.05, 0.1) is 5.75 Å². The Kier molecular flexibility index (Phi) is 5.34. The van der Waals surface area contributed by atoms with Crippen LogP contribution >= 0.6 is 11.8 Å². The Bertz CT molecular complexity index is 965. The minimum atomic E-state index is -0.139. The number of aromatic nitrogens is 3. The molecule has 3 aromatic rings. The average Bonchev–Trinajstić information content (AvgIpc) is 3.28. The second kappa shape index (κ2) is 8.05. The van der Waals surface area contributed by atoms with Crippen LogP contribution in [0.15, 0.2) is 41.1 Å². The number of thioether (sulfide) groups is 1. The lowest BCUT2D eigenvalue weighted by Crippen LogP contribution is -2.37. The highest BCUT2D eigenvalue weighted by Crippen LogP contribution is 2.17. The molecule has 2 amide bonds. The zero-order valence-electron chi connectivity index (χ0n) is 15.6. The van der Waals surface area contributed by atoms with Crippen molar-refractivity contribution in [2.24, 2.45) is 0 Å². The molecule has 4 heterocycles. The van der Waals surface area contributed by atoms with Crippen molar-refractivity contribution in [3.8, 4) is 0 Å². The zero-order chi connectivity index (χ0) is 19.5. The number of hydrogen-bond acceptors (Lipinski definition) is 6. The van der Waals surface area contributed by atoms with E-state index in [1.165, 1.54) is 0 Å². The van der Waals surface area contributed by atoms with Crippen molar-refractivity contribution in [1.29, 1.82) is 0 Å². The van der Waals surface area contributed by atoms with Gasteiger partial charge in [-0.05, 0) is 30.9 Å². The Morgan fingerprint density at radius 3 is 2.68 bits per heavy atom. The first-order chi connectivity index (χ1) is 13.7. The van der Waals surface area contributed by atoms with Crippen LogP contribution in [-0.4, -0.2) is 68.6 Å². The molecule has 1 fully saturated rings. The van der Waals surface area contributed by atoms with E-state index in [1.807, 2.05) is 12.3 Å². The zero-order valence-corrected chi connectivity index (χ0v) is 16.4. The lowest BCUT2D eigenvalue weighted by molar-refractivity contribution is 0.0697. The van der Waals surface area contributed by atoms with E-state index >= 15 is 0 Å². The summed E-state index contributed by atoms with van der Waals surface area (Å²) < 4.78 is 7.23. The number of carbonyl (C=O) groups is 2. The lowest BCUT2D eigenvalue weighted by Gasteiger charge is -2.21. The minimum Gasteiger partial charge on any atom is -0.455 e. The fourth-order valence-corrected chi connectivity index (χ4v) is 3.73. The predicted octanol–water partition coefficient (Wildman–Crippen LogP) is 2.17. The Hall–Kier alpha value is -2.81. The van der Waals surface area contributed by atoms with Gasteiger partial charge in [0.15, 0.2) is 17.1 Å². The topological polar surface area (TPSA) is 84.0 Å². The summed E-state index contributed by atoms with van der Waals surface area (Å²) in [5, 5.41) is 4.31. The molecule has 28 heavy (non-hydrogen) atoms. The van der Waals surface area contributed by atoms with Gasteiger partial charge in [-0.1, -0.05) is 0 Å². The maximum Gasteiger partial charge on any atom is 0.289 e. The van der Waals surface area contributed by atoms with Crippen molar-refractivity contribution in [1.82, 2.24) is 24.4 Å². The van der Waals surface area contributed by atoms with Crippen molar-refractivity contribution in [3.05, 3.63) is 53.9 Å². The van der Waals surface area contributed by atoms with Crippen molar-refractivity contribution in [3.63, 3.8) is 0 Å². The Morgan fingerprint density at radius 1 is 1.14 bits per heavy atom. The number of hydrogen-bond donors (Lipinski definition) is 0. The average molecular weight is 399 g/mol. The van der Waals surface area contributed by atoms with Crippen molar-refractivity contribution < 1.29 is 14.0 Å². The van der Waals surface area contributed by atoms with Gasteiger partial charge in [-0.25, -0.2) is 9.50 Å². The predicted molar refractivity (Wildman–Crippen MR) is 105 cm³/mol. The molecule has 0 spiro atoms. The summed E-state index contributed by atoms with van der Waals surface area (Å²) in [6, 6.07) is 7.02. The van der Waals surface area contributed by atoms with Gasteiger partial charge in [0.2, 0.25) is 0 Å². The van der Waals surface area contributed by atoms with Crippen molar-refractivity contribution in [2.45, 2.75) is 12.2 Å². The van der Waals surface area contributed by atoms with Crippen LogP contribution in [0.25, 0.3) is 5.65 Å². The third-order valence-electron chi connectivity index (χ3n) is 4.68. The van der Waals surface area contributed by atoms with Crippen LogP contribution in [0, 0.1) is 0 Å². The number of furan rings is 1. The second-order valence-electron chi connectivity index (χ2n) is 6.59. The smallest absolute Gasteiger partial charge is 0.289 e. The maximum absolute atomic E-state index is 12.8. The largest absolute Gasteiger partial charge is 0.455 e. The van der Waals surface area contributed by atoms with E-state index in [2.05, 4.69) is 10.1 Å². The van der Waals surface area contributed by atoms with Gasteiger partial charge in [0.1, 0.15) is 5.76 Å². The SMILES string of the molecule is CSCc1ccc(C(=O)N2CCCN(C(=O)c3cc4ncccn4n3)CC2)o1. The number of nitrogens with zero attached hydrogens (tertiary/aromatic N) is 5. The van der Waals surface area contributed by atoms with Crippen LogP contribution in [0.1, 0.15) is 33.2 Å². The molecular formula is C19H21N5O3S. The molecule has 4 rings (SSSR count). The van der Waals surface area contributed by atoms with Crippen molar-refractivity contribution >= 4 is 29.2 Å². The van der Waals surface area contributed by atoms with E-state index in [4.69, 9.17) is 4.42 Å². The number of rotatable bonds is 4. The Balaban J connectivity index is 1.42. The van der Waals surface area contributed by atoms with Crippen LogP contribution in [0.2, 0.25) is 0 Å². The Morgan fingerprint density at radius 2 is 1.93 bits per heavy atom. The van der Waals surface area contributed by atoms with Gasteiger partial charge in [-0.2, -0.15) is 16.9 Å². The quantitative estimate of drug-likeness (QED) is 0.669. The van der Waals surface area contributed by atoms with E-state index in [-0.39, 0.29) is 11.8 Å². The molecule has 0 atom stereocenters. The fourth-order valence-electron chi connectivity index (χ4n) is 3.29. The van der Waals surface area contributed by atoms with E-state index < -0.39 is 0 Å². The van der Waals surface area contributed by atoms with Gasteiger partial charge in [-0.15, -0.1) is 0 Å². The van der Waals surface area contributed by atoms with Crippen molar-refractivity contribution in [2.75, 3.05) is 32.4 Å². The molecule has 0 aromatic carbocycles. The number of fused-ring (bicyclic) bond motifs is 1. The first-order valence-corrected chi connectivity index (χ1v) is 10.5. The molecule has 8 nitrogen and oxygen atoms in total. The minimum absolute atomic E-state index is 0.126. The summed E-state index contributed by atoms with van der Waals surface area (Å²) >= 11 is 1.65. The number of carbonyl (C=O) groups excluding carboxylic acids is 2. The molecule has 0 bridgehead atoms. The van der Waals surface area contributed by atoms with E-state index in [1.54, 1.807) is 56.7 Å². The highest BCUT2D eigenvalue weighted by atomic mass is 32.2. The monoisotopic (exact) mass is 399 g/mol. The van der Waals surface area contributed by atoms with Crippen LogP contribution < -0.4 is 0 Å². The molecule has 0 aliphatic carbocycles. The second-order valence-corrected chi connectivity index (χ2v) is 7.45. The summed E-state index contributed by atoms with van der Waals surface area (Å²) in [6.07, 6.45) is 6.13. The number of amides is 2. The molecule has 0 N–H and O–H groups in total. The first kappa shape index (κ1) is 18.5. The van der Waals surface area contributed by atoms with E-state index in [9.17, 15) is 9.59 Å². The van der Waals surface area contributed by atoms with Gasteiger partial charge >= 0.3 is 0 Å². The van der Waals surface area contributed by atoms with Gasteiger partial charge in [0.25, 0.3) is 11.8 Å². The lowest BCUT2D eigenvalue weighted by atomic mass is 10.3. The molecule has 1 aliphatic rings. The maximum atomic E-state index is 12.8. The molecule has 0 saturated carbocycles. The molecule has 1 aliphatic heterocycles.